The van der Waals surface area contributed by atoms with Gasteiger partial charge in [-0.05, 0) is 54.5 Å². The van der Waals surface area contributed by atoms with Crippen LogP contribution in [0.5, 0.6) is 0 Å². The molecule has 0 bridgehead atoms. The summed E-state index contributed by atoms with van der Waals surface area (Å²) < 4.78 is 1.80. The number of nitrogens with one attached hydrogen (secondary N) is 1. The maximum atomic E-state index is 11.2. The highest BCUT2D eigenvalue weighted by atomic mass is 16.4. The molecule has 5 heteroatoms. The number of carboxylic acids is 1. The molecule has 0 fully saturated rings. The topological polar surface area (TPSA) is 67.2 Å². The van der Waals surface area contributed by atoms with E-state index in [0.29, 0.717) is 11.5 Å². The van der Waals surface area contributed by atoms with Crippen LogP contribution in [-0.2, 0) is 20.0 Å². The lowest BCUT2D eigenvalue weighted by Gasteiger charge is -2.26. The van der Waals surface area contributed by atoms with E-state index in [9.17, 15) is 9.90 Å². The molecule has 1 aliphatic carbocycles. The van der Waals surface area contributed by atoms with Crippen LogP contribution in [0.15, 0.2) is 30.5 Å². The summed E-state index contributed by atoms with van der Waals surface area (Å²) in [7, 11) is 1.91. The molecule has 1 aromatic heterocycles. The second kappa shape index (κ2) is 6.32. The van der Waals surface area contributed by atoms with Gasteiger partial charge in [0.05, 0.1) is 11.3 Å². The van der Waals surface area contributed by atoms with Crippen LogP contribution in [0.4, 0.5) is 0 Å². The van der Waals surface area contributed by atoms with E-state index in [-0.39, 0.29) is 0 Å². The summed E-state index contributed by atoms with van der Waals surface area (Å²) >= 11 is 0. The normalized spacial score (nSPS) is 17.2. The summed E-state index contributed by atoms with van der Waals surface area (Å²) in [5.74, 6) is -0.472. The Labute approximate surface area is 130 Å². The number of nitrogens with zero attached hydrogens (tertiary/aromatic N) is 2. The Balaban J connectivity index is 1.68. The molecule has 5 nitrogen and oxygen atoms in total. The van der Waals surface area contributed by atoms with Crippen LogP contribution in [0.3, 0.4) is 0 Å². The summed E-state index contributed by atoms with van der Waals surface area (Å²) in [4.78, 5) is 11.2. The summed E-state index contributed by atoms with van der Waals surface area (Å²) in [5, 5.41) is 17.0. The third kappa shape index (κ3) is 3.20. The van der Waals surface area contributed by atoms with Gasteiger partial charge in [-0.3, -0.25) is 4.68 Å². The lowest BCUT2D eigenvalue weighted by Crippen LogP contribution is -2.24. The van der Waals surface area contributed by atoms with Crippen LogP contribution in [0.25, 0.3) is 0 Å². The molecule has 0 radical (unpaired) electrons. The van der Waals surface area contributed by atoms with Crippen molar-refractivity contribution in [2.75, 3.05) is 6.54 Å². The fourth-order valence-corrected chi connectivity index (χ4v) is 3.17. The lowest BCUT2D eigenvalue weighted by molar-refractivity contribution is 0.0696. The fraction of sp³-hybridized carbons (Fsp3) is 0.412. The van der Waals surface area contributed by atoms with Crippen LogP contribution in [0, 0.1) is 0 Å². The van der Waals surface area contributed by atoms with Crippen molar-refractivity contribution in [3.05, 3.63) is 52.8 Å². The Morgan fingerprint density at radius 3 is 3.05 bits per heavy atom. The highest BCUT2D eigenvalue weighted by Crippen LogP contribution is 2.32. The van der Waals surface area contributed by atoms with Gasteiger partial charge in [-0.25, -0.2) is 4.79 Å². The second-order valence-corrected chi connectivity index (χ2v) is 5.92. The van der Waals surface area contributed by atoms with E-state index in [1.807, 2.05) is 31.4 Å². The molecular formula is C17H21N3O2. The molecule has 2 N–H and O–H groups in total. The van der Waals surface area contributed by atoms with E-state index in [0.717, 1.165) is 38.0 Å². The number of benzene rings is 1. The Morgan fingerprint density at radius 2 is 2.32 bits per heavy atom. The van der Waals surface area contributed by atoms with Crippen molar-refractivity contribution in [3.8, 4) is 0 Å². The highest BCUT2D eigenvalue weighted by molar-refractivity contribution is 5.88. The van der Waals surface area contributed by atoms with E-state index < -0.39 is 5.97 Å². The maximum Gasteiger partial charge on any atom is 0.335 e. The van der Waals surface area contributed by atoms with Gasteiger partial charge in [0.2, 0.25) is 0 Å². The first-order chi connectivity index (χ1) is 10.6. The van der Waals surface area contributed by atoms with Crippen LogP contribution < -0.4 is 5.32 Å². The number of aromatic carboxylic acids is 1. The van der Waals surface area contributed by atoms with Crippen LogP contribution in [0.1, 0.15) is 45.9 Å². The molecule has 0 saturated heterocycles. The molecule has 1 atom stereocenters. The number of aryl methyl sites for hydroxylation is 2. The zero-order valence-electron chi connectivity index (χ0n) is 12.7. The SMILES string of the molecule is Cn1ccc(CNCC2CCCc3ccc(C(=O)O)cc32)n1. The predicted octanol–water partition coefficient (Wildman–Crippen LogP) is 2.33. The molecule has 0 amide bonds. The number of aromatic nitrogens is 2. The largest absolute Gasteiger partial charge is 0.478 e. The van der Waals surface area contributed by atoms with Crippen molar-refractivity contribution in [2.24, 2.45) is 7.05 Å². The molecule has 116 valence electrons. The monoisotopic (exact) mass is 299 g/mol. The molecular weight excluding hydrogens is 278 g/mol. The van der Waals surface area contributed by atoms with Gasteiger partial charge in [0.25, 0.3) is 0 Å². The van der Waals surface area contributed by atoms with Crippen molar-refractivity contribution in [1.82, 2.24) is 15.1 Å². The fourth-order valence-electron chi connectivity index (χ4n) is 3.17. The minimum absolute atomic E-state index is 0.381. The minimum Gasteiger partial charge on any atom is -0.478 e. The molecule has 1 heterocycles. The van der Waals surface area contributed by atoms with Gasteiger partial charge in [0, 0.05) is 26.3 Å². The van der Waals surface area contributed by atoms with E-state index >= 15 is 0 Å². The third-order valence-corrected chi connectivity index (χ3v) is 4.30. The standard InChI is InChI=1S/C17H21N3O2/c1-20-8-7-15(19-20)11-18-10-14-4-2-3-12-5-6-13(17(21)22)9-16(12)14/h5-9,14,18H,2-4,10-11H2,1H3,(H,21,22). The summed E-state index contributed by atoms with van der Waals surface area (Å²) in [6.07, 6.45) is 5.25. The van der Waals surface area contributed by atoms with Crippen molar-refractivity contribution < 1.29 is 9.90 Å². The molecule has 0 spiro atoms. The van der Waals surface area contributed by atoms with Crippen molar-refractivity contribution in [1.29, 1.82) is 0 Å². The molecule has 0 aliphatic heterocycles. The van der Waals surface area contributed by atoms with E-state index in [1.165, 1.54) is 11.1 Å². The zero-order chi connectivity index (χ0) is 15.5. The summed E-state index contributed by atoms with van der Waals surface area (Å²) in [6, 6.07) is 7.54. The first-order valence-electron chi connectivity index (χ1n) is 7.69. The number of rotatable bonds is 5. The van der Waals surface area contributed by atoms with Crippen molar-refractivity contribution >= 4 is 5.97 Å². The second-order valence-electron chi connectivity index (χ2n) is 5.92. The van der Waals surface area contributed by atoms with Gasteiger partial charge >= 0.3 is 5.97 Å². The predicted molar refractivity (Wildman–Crippen MR) is 84.0 cm³/mol. The Morgan fingerprint density at radius 1 is 1.45 bits per heavy atom. The van der Waals surface area contributed by atoms with Crippen LogP contribution in [-0.4, -0.2) is 27.4 Å². The number of carbonyl (C=O) groups is 1. The number of carboxylic acid groups (broad SMARTS) is 1. The van der Waals surface area contributed by atoms with Gasteiger partial charge in [-0.1, -0.05) is 6.07 Å². The van der Waals surface area contributed by atoms with Gasteiger partial charge < -0.3 is 10.4 Å². The molecule has 3 rings (SSSR count). The van der Waals surface area contributed by atoms with Crippen LogP contribution >= 0.6 is 0 Å². The zero-order valence-corrected chi connectivity index (χ0v) is 12.7. The number of hydrogen-bond donors (Lipinski definition) is 2. The van der Waals surface area contributed by atoms with Crippen molar-refractivity contribution in [2.45, 2.75) is 31.7 Å². The van der Waals surface area contributed by atoms with E-state index in [4.69, 9.17) is 0 Å². The van der Waals surface area contributed by atoms with E-state index in [2.05, 4.69) is 10.4 Å². The molecule has 22 heavy (non-hydrogen) atoms. The Bertz CT molecular complexity index is 678. The van der Waals surface area contributed by atoms with Gasteiger partial charge in [-0.15, -0.1) is 0 Å². The maximum absolute atomic E-state index is 11.2. The Kier molecular flexibility index (Phi) is 4.24. The van der Waals surface area contributed by atoms with Crippen LogP contribution in [0.2, 0.25) is 0 Å². The van der Waals surface area contributed by atoms with E-state index in [1.54, 1.807) is 10.7 Å². The van der Waals surface area contributed by atoms with Gasteiger partial charge in [0.15, 0.2) is 0 Å². The van der Waals surface area contributed by atoms with Crippen molar-refractivity contribution in [3.63, 3.8) is 0 Å². The quantitative estimate of drug-likeness (QED) is 0.889. The highest BCUT2D eigenvalue weighted by Gasteiger charge is 2.21. The first-order valence-corrected chi connectivity index (χ1v) is 7.69. The minimum atomic E-state index is -0.853. The average molecular weight is 299 g/mol. The molecule has 0 saturated carbocycles. The first kappa shape index (κ1) is 14.8. The van der Waals surface area contributed by atoms with Gasteiger partial charge in [-0.2, -0.15) is 5.10 Å². The molecule has 1 aromatic carbocycles. The lowest BCUT2D eigenvalue weighted by atomic mass is 9.82. The molecule has 2 aromatic rings. The molecule has 1 unspecified atom stereocenters. The summed E-state index contributed by atoms with van der Waals surface area (Å²) in [5.41, 5.74) is 3.90. The Hall–Kier alpha value is -2.14. The third-order valence-electron chi connectivity index (χ3n) is 4.30. The number of hydrogen-bond acceptors (Lipinski definition) is 3. The molecule has 1 aliphatic rings. The average Bonchev–Trinajstić information content (AvgIpc) is 2.92. The van der Waals surface area contributed by atoms with Gasteiger partial charge in [0.1, 0.15) is 0 Å². The number of fused-ring (bicyclic) bond motifs is 1. The smallest absolute Gasteiger partial charge is 0.335 e. The summed E-state index contributed by atoms with van der Waals surface area (Å²) in [6.45, 7) is 1.60.